The standard InChI is InChI=1S/C25H18Cl2N2O3/c26-17-11-13-23(31-19-7-3-1-4-8-19)21(15-17)28-25(30)29-22-16-18(27)12-14-24(22)32-20-9-5-2-6-10-20/h1-16H,(H2,28,29,30). The maximum absolute atomic E-state index is 12.8. The Morgan fingerprint density at radius 1 is 0.594 bits per heavy atom. The Morgan fingerprint density at radius 2 is 1.00 bits per heavy atom. The Labute approximate surface area is 195 Å². The molecule has 0 spiro atoms. The van der Waals surface area contributed by atoms with Gasteiger partial charge >= 0.3 is 6.03 Å². The largest absolute Gasteiger partial charge is 0.455 e. The van der Waals surface area contributed by atoms with Crippen LogP contribution in [0.2, 0.25) is 10.0 Å². The molecule has 0 fully saturated rings. The minimum atomic E-state index is -0.509. The first kappa shape index (κ1) is 21.6. The molecule has 4 aromatic rings. The van der Waals surface area contributed by atoms with Crippen molar-refractivity contribution in [3.05, 3.63) is 107 Å². The molecule has 0 radical (unpaired) electrons. The Hall–Kier alpha value is -3.67. The molecule has 0 bridgehead atoms. The average Bonchev–Trinajstić information content (AvgIpc) is 2.79. The smallest absolute Gasteiger partial charge is 0.323 e. The van der Waals surface area contributed by atoms with Gasteiger partial charge in [-0.1, -0.05) is 59.6 Å². The summed E-state index contributed by atoms with van der Waals surface area (Å²) in [4.78, 5) is 12.8. The summed E-state index contributed by atoms with van der Waals surface area (Å²) in [6, 6.07) is 27.9. The number of amides is 2. The molecule has 0 atom stereocenters. The number of hydrogen-bond acceptors (Lipinski definition) is 3. The second kappa shape index (κ2) is 10.1. The van der Waals surface area contributed by atoms with Gasteiger partial charge in [-0.3, -0.25) is 0 Å². The van der Waals surface area contributed by atoms with Crippen molar-refractivity contribution < 1.29 is 14.3 Å². The van der Waals surface area contributed by atoms with E-state index in [1.54, 1.807) is 36.4 Å². The van der Waals surface area contributed by atoms with Gasteiger partial charge in [-0.25, -0.2) is 4.79 Å². The second-order valence-electron chi connectivity index (χ2n) is 6.69. The van der Waals surface area contributed by atoms with E-state index in [-0.39, 0.29) is 0 Å². The van der Waals surface area contributed by atoms with Crippen molar-refractivity contribution in [2.75, 3.05) is 10.6 Å². The highest BCUT2D eigenvalue weighted by molar-refractivity contribution is 6.31. The molecule has 5 nitrogen and oxygen atoms in total. The number of rotatable bonds is 6. The summed E-state index contributed by atoms with van der Waals surface area (Å²) in [6.45, 7) is 0. The van der Waals surface area contributed by atoms with Crippen molar-refractivity contribution in [3.63, 3.8) is 0 Å². The molecule has 0 aromatic heterocycles. The fourth-order valence-electron chi connectivity index (χ4n) is 2.88. The molecule has 0 saturated heterocycles. The monoisotopic (exact) mass is 464 g/mol. The number of ether oxygens (including phenoxy) is 2. The van der Waals surface area contributed by atoms with Crippen LogP contribution in [-0.4, -0.2) is 6.03 Å². The molecule has 160 valence electrons. The minimum Gasteiger partial charge on any atom is -0.455 e. The molecule has 2 N–H and O–H groups in total. The third kappa shape index (κ3) is 5.72. The normalized spacial score (nSPS) is 10.3. The van der Waals surface area contributed by atoms with Gasteiger partial charge in [0.15, 0.2) is 11.5 Å². The van der Waals surface area contributed by atoms with Crippen LogP contribution in [0.5, 0.6) is 23.0 Å². The van der Waals surface area contributed by atoms with Crippen LogP contribution in [0.4, 0.5) is 16.2 Å². The van der Waals surface area contributed by atoms with Crippen molar-refractivity contribution in [3.8, 4) is 23.0 Å². The lowest BCUT2D eigenvalue weighted by Crippen LogP contribution is -2.20. The number of nitrogens with one attached hydrogen (secondary N) is 2. The molecule has 0 aliphatic heterocycles. The van der Waals surface area contributed by atoms with Crippen molar-refractivity contribution in [2.24, 2.45) is 0 Å². The van der Waals surface area contributed by atoms with Crippen molar-refractivity contribution >= 4 is 40.6 Å². The Morgan fingerprint density at radius 3 is 1.41 bits per heavy atom. The first-order chi connectivity index (χ1) is 15.6. The van der Waals surface area contributed by atoms with Crippen LogP contribution >= 0.6 is 23.2 Å². The zero-order chi connectivity index (χ0) is 22.3. The van der Waals surface area contributed by atoms with E-state index in [0.717, 1.165) is 0 Å². The number of anilines is 2. The molecule has 0 unspecified atom stereocenters. The lowest BCUT2D eigenvalue weighted by molar-refractivity contribution is 0.262. The predicted molar refractivity (Wildman–Crippen MR) is 129 cm³/mol. The number of benzene rings is 4. The van der Waals surface area contributed by atoms with Gasteiger partial charge in [-0.15, -0.1) is 0 Å². The lowest BCUT2D eigenvalue weighted by atomic mass is 10.2. The van der Waals surface area contributed by atoms with E-state index in [4.69, 9.17) is 32.7 Å². The quantitative estimate of drug-likeness (QED) is 0.302. The Bertz CT molecular complexity index is 1120. The Kier molecular flexibility index (Phi) is 6.80. The molecule has 0 heterocycles. The maximum Gasteiger partial charge on any atom is 0.323 e. The molecule has 0 saturated carbocycles. The summed E-state index contributed by atoms with van der Waals surface area (Å²) in [7, 11) is 0. The van der Waals surface area contributed by atoms with Gasteiger partial charge < -0.3 is 20.1 Å². The number of carbonyl (C=O) groups excluding carboxylic acids is 1. The summed E-state index contributed by atoms with van der Waals surface area (Å²) in [5.74, 6) is 2.16. The van der Waals surface area contributed by atoms with Crippen molar-refractivity contribution in [2.45, 2.75) is 0 Å². The average molecular weight is 465 g/mol. The molecule has 0 aliphatic carbocycles. The van der Waals surface area contributed by atoms with E-state index < -0.39 is 6.03 Å². The number of urea groups is 1. The molecule has 4 rings (SSSR count). The minimum absolute atomic E-state index is 0.409. The van der Waals surface area contributed by atoms with E-state index in [9.17, 15) is 4.79 Å². The highest BCUT2D eigenvalue weighted by Gasteiger charge is 2.13. The van der Waals surface area contributed by atoms with Crippen LogP contribution in [0.3, 0.4) is 0 Å². The van der Waals surface area contributed by atoms with Crippen molar-refractivity contribution in [1.29, 1.82) is 0 Å². The van der Waals surface area contributed by atoms with E-state index in [2.05, 4.69) is 10.6 Å². The number of hydrogen-bond donors (Lipinski definition) is 2. The highest BCUT2D eigenvalue weighted by Crippen LogP contribution is 2.34. The van der Waals surface area contributed by atoms with Gasteiger partial charge in [-0.2, -0.15) is 0 Å². The zero-order valence-corrected chi connectivity index (χ0v) is 18.2. The first-order valence-corrected chi connectivity index (χ1v) is 10.5. The van der Waals surface area contributed by atoms with Crippen LogP contribution in [0.1, 0.15) is 0 Å². The van der Waals surface area contributed by atoms with Gasteiger partial charge in [0.05, 0.1) is 11.4 Å². The maximum atomic E-state index is 12.8. The van der Waals surface area contributed by atoms with Gasteiger partial charge in [0.2, 0.25) is 0 Å². The SMILES string of the molecule is O=C(Nc1cc(Cl)ccc1Oc1ccccc1)Nc1cc(Cl)ccc1Oc1ccccc1. The molecule has 2 amide bonds. The molecular weight excluding hydrogens is 447 g/mol. The molecule has 0 aliphatic rings. The Balaban J connectivity index is 1.53. The van der Waals surface area contributed by atoms with Gasteiger partial charge in [0.1, 0.15) is 11.5 Å². The summed E-state index contributed by atoms with van der Waals surface area (Å²) in [5, 5.41) is 6.46. The molecule has 4 aromatic carbocycles. The lowest BCUT2D eigenvalue weighted by Gasteiger charge is -2.15. The predicted octanol–water partition coefficient (Wildman–Crippen LogP) is 8.22. The summed E-state index contributed by atoms with van der Waals surface area (Å²) in [5.41, 5.74) is 0.817. The first-order valence-electron chi connectivity index (χ1n) is 9.70. The summed E-state index contributed by atoms with van der Waals surface area (Å²) in [6.07, 6.45) is 0. The second-order valence-corrected chi connectivity index (χ2v) is 7.56. The van der Waals surface area contributed by atoms with E-state index >= 15 is 0 Å². The van der Waals surface area contributed by atoms with Gasteiger partial charge in [-0.05, 0) is 60.7 Å². The van der Waals surface area contributed by atoms with Gasteiger partial charge in [0, 0.05) is 10.0 Å². The molecule has 7 heteroatoms. The van der Waals surface area contributed by atoms with E-state index in [1.807, 2.05) is 60.7 Å². The molecular formula is C25H18Cl2N2O3. The third-order valence-electron chi connectivity index (χ3n) is 4.32. The number of para-hydroxylation sites is 2. The fraction of sp³-hybridized carbons (Fsp3) is 0. The van der Waals surface area contributed by atoms with Crippen LogP contribution < -0.4 is 20.1 Å². The topological polar surface area (TPSA) is 59.6 Å². The van der Waals surface area contributed by atoms with E-state index in [1.165, 1.54) is 0 Å². The molecule has 32 heavy (non-hydrogen) atoms. The van der Waals surface area contributed by atoms with Crippen LogP contribution in [0.25, 0.3) is 0 Å². The summed E-state index contributed by atoms with van der Waals surface area (Å²) < 4.78 is 11.8. The number of carbonyl (C=O) groups is 1. The summed E-state index contributed by atoms with van der Waals surface area (Å²) >= 11 is 12.3. The zero-order valence-electron chi connectivity index (χ0n) is 16.7. The van der Waals surface area contributed by atoms with Crippen molar-refractivity contribution in [1.82, 2.24) is 0 Å². The highest BCUT2D eigenvalue weighted by atomic mass is 35.5. The third-order valence-corrected chi connectivity index (χ3v) is 4.79. The number of halogens is 2. The fourth-order valence-corrected chi connectivity index (χ4v) is 3.23. The van der Waals surface area contributed by atoms with Gasteiger partial charge in [0.25, 0.3) is 0 Å². The van der Waals surface area contributed by atoms with Crippen LogP contribution in [-0.2, 0) is 0 Å². The van der Waals surface area contributed by atoms with Crippen LogP contribution in [0.15, 0.2) is 97.1 Å². The van der Waals surface area contributed by atoms with Crippen LogP contribution in [0, 0.1) is 0 Å². The van der Waals surface area contributed by atoms with E-state index in [0.29, 0.717) is 44.4 Å².